The number of hydrogen-bond donors (Lipinski definition) is 2. The predicted octanol–water partition coefficient (Wildman–Crippen LogP) is 2.05. The number of aryl methyl sites for hydroxylation is 1. The fourth-order valence-corrected chi connectivity index (χ4v) is 4.05. The molecule has 0 saturated heterocycles. The topological polar surface area (TPSA) is 129 Å². The van der Waals surface area contributed by atoms with Crippen LogP contribution < -0.4 is 4.72 Å². The molecular weight excluding hydrogens is 394 g/mol. The van der Waals surface area contributed by atoms with Crippen LogP contribution >= 0.6 is 0 Å². The molecule has 0 unspecified atom stereocenters. The van der Waals surface area contributed by atoms with Crippen LogP contribution in [-0.4, -0.2) is 38.3 Å². The number of fused-ring (bicyclic) bond motifs is 1. The molecule has 0 spiro atoms. The average molecular weight is 411 g/mol. The molecule has 0 aliphatic carbocycles. The van der Waals surface area contributed by atoms with Crippen LogP contribution in [0.4, 0.5) is 0 Å². The maximum absolute atomic E-state index is 12.5. The summed E-state index contributed by atoms with van der Waals surface area (Å²) in [6.45, 7) is 0.566. The number of rotatable bonds is 7. The summed E-state index contributed by atoms with van der Waals surface area (Å²) in [5, 5.41) is 9.74. The number of esters is 1. The number of aromatic nitrogens is 1. The molecule has 9 heteroatoms. The van der Waals surface area contributed by atoms with Crippen LogP contribution in [0.5, 0.6) is 0 Å². The van der Waals surface area contributed by atoms with Gasteiger partial charge < -0.3 is 9.72 Å². The van der Waals surface area contributed by atoms with Gasteiger partial charge in [0.2, 0.25) is 15.8 Å². The molecule has 0 radical (unpaired) electrons. The number of nitrogens with zero attached hydrogens (tertiary/aromatic N) is 1. The van der Waals surface area contributed by atoms with Crippen LogP contribution in [0.25, 0.3) is 10.9 Å². The zero-order valence-electron chi connectivity index (χ0n) is 15.4. The Hall–Kier alpha value is -3.48. The van der Waals surface area contributed by atoms with Gasteiger partial charge in [0.1, 0.15) is 12.6 Å². The SMILES string of the molecule is Cc1[nH]c2ccccc2c1C(=O)COC(=O)CNS(=O)(=O)c1ccccc1C#N. The summed E-state index contributed by atoms with van der Waals surface area (Å²) in [6.07, 6.45) is 0. The number of aromatic amines is 1. The van der Waals surface area contributed by atoms with Crippen molar-refractivity contribution in [2.45, 2.75) is 11.8 Å². The molecule has 2 aromatic carbocycles. The molecule has 3 aromatic rings. The zero-order chi connectivity index (χ0) is 21.0. The van der Waals surface area contributed by atoms with Crippen molar-refractivity contribution in [1.29, 1.82) is 5.26 Å². The lowest BCUT2D eigenvalue weighted by Gasteiger charge is -2.08. The van der Waals surface area contributed by atoms with Gasteiger partial charge in [-0.2, -0.15) is 9.98 Å². The lowest BCUT2D eigenvalue weighted by molar-refractivity contribution is -0.141. The molecule has 0 bridgehead atoms. The van der Waals surface area contributed by atoms with Crippen molar-refractivity contribution < 1.29 is 22.7 Å². The highest BCUT2D eigenvalue weighted by atomic mass is 32.2. The summed E-state index contributed by atoms with van der Waals surface area (Å²) in [6, 6.07) is 14.7. The average Bonchev–Trinajstić information content (AvgIpc) is 3.06. The van der Waals surface area contributed by atoms with Crippen molar-refractivity contribution in [1.82, 2.24) is 9.71 Å². The van der Waals surface area contributed by atoms with Gasteiger partial charge in [0.25, 0.3) is 0 Å². The van der Waals surface area contributed by atoms with E-state index in [-0.39, 0.29) is 10.5 Å². The first kappa shape index (κ1) is 20.3. The number of hydrogen-bond acceptors (Lipinski definition) is 6. The standard InChI is InChI=1S/C20H17N3O5S/c1-13-20(15-7-3-4-8-16(15)23-13)17(24)12-28-19(25)11-22-29(26,27)18-9-5-2-6-14(18)10-21/h2-9,22-23H,11-12H2,1H3. The monoisotopic (exact) mass is 411 g/mol. The normalized spacial score (nSPS) is 11.2. The number of benzene rings is 2. The maximum Gasteiger partial charge on any atom is 0.321 e. The highest BCUT2D eigenvalue weighted by Gasteiger charge is 2.21. The molecular formula is C20H17N3O5S. The van der Waals surface area contributed by atoms with Crippen molar-refractivity contribution in [3.63, 3.8) is 0 Å². The molecule has 0 aliphatic heterocycles. The third kappa shape index (κ3) is 4.34. The van der Waals surface area contributed by atoms with E-state index in [0.29, 0.717) is 11.3 Å². The zero-order valence-corrected chi connectivity index (χ0v) is 16.2. The van der Waals surface area contributed by atoms with Gasteiger partial charge in [-0.3, -0.25) is 9.59 Å². The van der Waals surface area contributed by atoms with Crippen molar-refractivity contribution in [3.8, 4) is 6.07 Å². The summed E-state index contributed by atoms with van der Waals surface area (Å²) in [4.78, 5) is 27.3. The number of carbonyl (C=O) groups is 2. The van der Waals surface area contributed by atoms with E-state index >= 15 is 0 Å². The molecule has 1 aromatic heterocycles. The van der Waals surface area contributed by atoms with Crippen LogP contribution in [0.1, 0.15) is 21.6 Å². The number of ketones is 1. The first-order valence-electron chi connectivity index (χ1n) is 8.58. The smallest absolute Gasteiger partial charge is 0.321 e. The number of nitriles is 1. The van der Waals surface area contributed by atoms with Gasteiger partial charge >= 0.3 is 5.97 Å². The van der Waals surface area contributed by atoms with Crippen molar-refractivity contribution >= 4 is 32.7 Å². The number of carbonyl (C=O) groups excluding carboxylic acids is 2. The fraction of sp³-hybridized carbons (Fsp3) is 0.150. The van der Waals surface area contributed by atoms with Gasteiger partial charge in [0.05, 0.1) is 10.5 Å². The minimum Gasteiger partial charge on any atom is -0.456 e. The van der Waals surface area contributed by atoms with Crippen molar-refractivity contribution in [2.24, 2.45) is 0 Å². The second-order valence-corrected chi connectivity index (χ2v) is 7.92. The van der Waals surface area contributed by atoms with Gasteiger partial charge in [-0.15, -0.1) is 0 Å². The molecule has 2 N–H and O–H groups in total. The first-order valence-corrected chi connectivity index (χ1v) is 10.1. The van der Waals surface area contributed by atoms with E-state index in [1.54, 1.807) is 25.1 Å². The Morgan fingerprint density at radius 2 is 1.83 bits per heavy atom. The highest BCUT2D eigenvalue weighted by molar-refractivity contribution is 7.89. The summed E-state index contributed by atoms with van der Waals surface area (Å²) in [5.74, 6) is -1.31. The molecule has 1 heterocycles. The second-order valence-electron chi connectivity index (χ2n) is 6.19. The highest BCUT2D eigenvalue weighted by Crippen LogP contribution is 2.22. The van der Waals surface area contributed by atoms with Crippen LogP contribution in [0.2, 0.25) is 0 Å². The Morgan fingerprint density at radius 3 is 2.59 bits per heavy atom. The summed E-state index contributed by atoms with van der Waals surface area (Å²) in [7, 11) is -4.08. The number of sulfonamides is 1. The number of para-hydroxylation sites is 1. The largest absolute Gasteiger partial charge is 0.456 e. The molecule has 0 amide bonds. The van der Waals surface area contributed by atoms with E-state index in [4.69, 9.17) is 10.00 Å². The van der Waals surface area contributed by atoms with Gasteiger partial charge in [-0.05, 0) is 25.1 Å². The number of H-pyrrole nitrogens is 1. The Kier molecular flexibility index (Phi) is 5.77. The minimum atomic E-state index is -4.08. The Bertz CT molecular complexity index is 1240. The van der Waals surface area contributed by atoms with Crippen molar-refractivity contribution in [2.75, 3.05) is 13.2 Å². The summed E-state index contributed by atoms with van der Waals surface area (Å²) >= 11 is 0. The van der Waals surface area contributed by atoms with E-state index in [1.807, 2.05) is 12.1 Å². The van der Waals surface area contributed by atoms with E-state index in [0.717, 1.165) is 10.9 Å². The van der Waals surface area contributed by atoms with Crippen LogP contribution in [0.3, 0.4) is 0 Å². The quantitative estimate of drug-likeness (QED) is 0.452. The van der Waals surface area contributed by atoms with Crippen LogP contribution in [0.15, 0.2) is 53.4 Å². The summed E-state index contributed by atoms with van der Waals surface area (Å²) < 4.78 is 31.6. The molecule has 8 nitrogen and oxygen atoms in total. The number of nitrogens with one attached hydrogen (secondary N) is 2. The molecule has 0 atom stereocenters. The second kappa shape index (κ2) is 8.26. The molecule has 29 heavy (non-hydrogen) atoms. The van der Waals surface area contributed by atoms with E-state index in [9.17, 15) is 18.0 Å². The molecule has 3 rings (SSSR count). The molecule has 0 saturated carbocycles. The minimum absolute atomic E-state index is 0.0432. The third-order valence-electron chi connectivity index (χ3n) is 4.24. The maximum atomic E-state index is 12.5. The summed E-state index contributed by atoms with van der Waals surface area (Å²) in [5.41, 5.74) is 1.83. The first-order chi connectivity index (χ1) is 13.8. The molecule has 0 aliphatic rings. The van der Waals surface area contributed by atoms with E-state index < -0.39 is 34.9 Å². The van der Waals surface area contributed by atoms with Crippen molar-refractivity contribution in [3.05, 3.63) is 65.4 Å². The van der Waals surface area contributed by atoms with Crippen LogP contribution in [-0.2, 0) is 19.6 Å². The van der Waals surface area contributed by atoms with Gasteiger partial charge in [-0.25, -0.2) is 8.42 Å². The van der Waals surface area contributed by atoms with Gasteiger partial charge in [0, 0.05) is 22.2 Å². The Labute approximate surface area is 167 Å². The predicted molar refractivity (Wildman–Crippen MR) is 105 cm³/mol. The number of Topliss-reactive ketones (excluding diaryl/α,β-unsaturated/α-hetero) is 1. The number of ether oxygens (including phenoxy) is 1. The lowest BCUT2D eigenvalue weighted by atomic mass is 10.1. The van der Waals surface area contributed by atoms with Crippen LogP contribution in [0, 0.1) is 18.3 Å². The molecule has 0 fully saturated rings. The fourth-order valence-electron chi connectivity index (χ4n) is 2.93. The third-order valence-corrected chi connectivity index (χ3v) is 5.70. The lowest BCUT2D eigenvalue weighted by Crippen LogP contribution is -2.32. The van der Waals surface area contributed by atoms with Gasteiger partial charge in [-0.1, -0.05) is 30.3 Å². The van der Waals surface area contributed by atoms with Gasteiger partial charge in [0.15, 0.2) is 6.61 Å². The Balaban J connectivity index is 1.62. The van der Waals surface area contributed by atoms with E-state index in [2.05, 4.69) is 9.71 Å². The Morgan fingerprint density at radius 1 is 1.14 bits per heavy atom. The molecule has 148 valence electrons. The van der Waals surface area contributed by atoms with E-state index in [1.165, 1.54) is 24.3 Å².